The molecule has 7 heteroatoms. The molecular weight excluding hydrogens is 420 g/mol. The Kier molecular flexibility index (Phi) is 15.3. The molecule has 0 aliphatic heterocycles. The molecule has 1 rings (SSSR count). The smallest absolute Gasteiger partial charge is 0.335 e. The highest BCUT2D eigenvalue weighted by molar-refractivity contribution is 5.96. The number of amides is 2. The molecule has 0 atom stereocenters. The van der Waals surface area contributed by atoms with Gasteiger partial charge in [0.15, 0.2) is 0 Å². The Morgan fingerprint density at radius 3 is 1.61 bits per heavy atom. The molecule has 0 fully saturated rings. The summed E-state index contributed by atoms with van der Waals surface area (Å²) in [5, 5.41) is 11.8. The SMILES string of the molecule is NC(=O)CCCCCCCCCCCCCCCCC(=O)Nc1cc(C=O)cc(C(=O)O)c1. The number of primary amides is 1. The minimum Gasteiger partial charge on any atom is -0.478 e. The van der Waals surface area contributed by atoms with Crippen molar-refractivity contribution >= 4 is 29.8 Å². The molecule has 7 nitrogen and oxygen atoms in total. The second-order valence-electron chi connectivity index (χ2n) is 8.73. The molecule has 1 aromatic rings. The molecule has 0 bridgehead atoms. The van der Waals surface area contributed by atoms with Crippen LogP contribution >= 0.6 is 0 Å². The summed E-state index contributed by atoms with van der Waals surface area (Å²) < 4.78 is 0. The number of hydrogen-bond donors (Lipinski definition) is 3. The second kappa shape index (κ2) is 17.8. The number of nitrogens with two attached hydrogens (primary N) is 1. The molecule has 2 amide bonds. The van der Waals surface area contributed by atoms with Crippen LogP contribution in [0.2, 0.25) is 0 Å². The first kappa shape index (κ1) is 28.3. The average Bonchev–Trinajstić information content (AvgIpc) is 2.78. The topological polar surface area (TPSA) is 127 Å². The average molecular weight is 461 g/mol. The van der Waals surface area contributed by atoms with Crippen molar-refractivity contribution in [2.75, 3.05) is 5.32 Å². The van der Waals surface area contributed by atoms with Gasteiger partial charge >= 0.3 is 5.97 Å². The van der Waals surface area contributed by atoms with Crippen LogP contribution in [0.25, 0.3) is 0 Å². The maximum atomic E-state index is 12.1. The summed E-state index contributed by atoms with van der Waals surface area (Å²) in [7, 11) is 0. The van der Waals surface area contributed by atoms with Crippen LogP contribution in [0.3, 0.4) is 0 Å². The number of anilines is 1. The van der Waals surface area contributed by atoms with Gasteiger partial charge in [-0.2, -0.15) is 0 Å². The number of hydrogen-bond acceptors (Lipinski definition) is 4. The van der Waals surface area contributed by atoms with E-state index in [0.29, 0.717) is 24.8 Å². The van der Waals surface area contributed by atoms with E-state index >= 15 is 0 Å². The van der Waals surface area contributed by atoms with Crippen LogP contribution in [0, 0.1) is 0 Å². The molecule has 184 valence electrons. The first-order valence-corrected chi connectivity index (χ1v) is 12.3. The number of unbranched alkanes of at least 4 members (excludes halogenated alkanes) is 13. The van der Waals surface area contributed by atoms with E-state index in [-0.39, 0.29) is 22.9 Å². The van der Waals surface area contributed by atoms with Crippen molar-refractivity contribution in [2.45, 2.75) is 103 Å². The van der Waals surface area contributed by atoms with Gasteiger partial charge < -0.3 is 16.2 Å². The molecule has 4 N–H and O–H groups in total. The fourth-order valence-electron chi connectivity index (χ4n) is 3.84. The zero-order valence-electron chi connectivity index (χ0n) is 19.8. The zero-order valence-corrected chi connectivity index (χ0v) is 19.8. The third kappa shape index (κ3) is 14.9. The molecule has 0 aliphatic rings. The number of nitrogens with one attached hydrogen (secondary N) is 1. The van der Waals surface area contributed by atoms with Crippen molar-refractivity contribution < 1.29 is 24.3 Å². The Bertz CT molecular complexity index is 748. The minimum atomic E-state index is -1.14. The quantitative estimate of drug-likeness (QED) is 0.166. The molecule has 0 radical (unpaired) electrons. The highest BCUT2D eigenvalue weighted by Crippen LogP contribution is 2.16. The van der Waals surface area contributed by atoms with E-state index in [9.17, 15) is 19.2 Å². The van der Waals surface area contributed by atoms with Gasteiger partial charge in [0.1, 0.15) is 6.29 Å². The summed E-state index contributed by atoms with van der Waals surface area (Å²) in [5.74, 6) is -1.50. The lowest BCUT2D eigenvalue weighted by Gasteiger charge is -2.07. The van der Waals surface area contributed by atoms with Gasteiger partial charge in [-0.05, 0) is 31.0 Å². The summed E-state index contributed by atoms with van der Waals surface area (Å²) in [4.78, 5) is 44.8. The van der Waals surface area contributed by atoms with Gasteiger partial charge in [0, 0.05) is 24.1 Å². The van der Waals surface area contributed by atoms with Crippen molar-refractivity contribution in [2.24, 2.45) is 5.73 Å². The molecule has 0 saturated heterocycles. The zero-order chi connectivity index (χ0) is 24.3. The van der Waals surface area contributed by atoms with Crippen LogP contribution in [-0.2, 0) is 9.59 Å². The van der Waals surface area contributed by atoms with E-state index in [1.807, 2.05) is 0 Å². The molecular formula is C26H40N2O5. The van der Waals surface area contributed by atoms with Crippen molar-refractivity contribution in [1.29, 1.82) is 0 Å². The maximum Gasteiger partial charge on any atom is 0.335 e. The van der Waals surface area contributed by atoms with Crippen LogP contribution in [0.15, 0.2) is 18.2 Å². The largest absolute Gasteiger partial charge is 0.478 e. The van der Waals surface area contributed by atoms with Crippen molar-refractivity contribution in [3.05, 3.63) is 29.3 Å². The number of carboxylic acid groups (broad SMARTS) is 1. The third-order valence-corrected chi connectivity index (χ3v) is 5.70. The summed E-state index contributed by atoms with van der Waals surface area (Å²) in [6.07, 6.45) is 17.6. The van der Waals surface area contributed by atoms with Gasteiger partial charge in [-0.1, -0.05) is 77.0 Å². The minimum absolute atomic E-state index is 0.0213. The number of carbonyl (C=O) groups is 4. The molecule has 1 aromatic carbocycles. The Hall–Kier alpha value is -2.70. The second-order valence-corrected chi connectivity index (χ2v) is 8.73. The summed E-state index contributed by atoms with van der Waals surface area (Å²) in [6.45, 7) is 0. The van der Waals surface area contributed by atoms with Gasteiger partial charge in [0.05, 0.1) is 5.56 Å². The molecule has 0 aliphatic carbocycles. The number of aromatic carboxylic acids is 1. The molecule has 0 saturated carbocycles. The number of carbonyl (C=O) groups excluding carboxylic acids is 3. The fourth-order valence-corrected chi connectivity index (χ4v) is 3.84. The van der Waals surface area contributed by atoms with Gasteiger partial charge in [-0.25, -0.2) is 4.79 Å². The lowest BCUT2D eigenvalue weighted by atomic mass is 10.0. The predicted molar refractivity (Wildman–Crippen MR) is 130 cm³/mol. The normalized spacial score (nSPS) is 10.7. The summed E-state index contributed by atoms with van der Waals surface area (Å²) in [6, 6.07) is 4.12. The summed E-state index contributed by atoms with van der Waals surface area (Å²) >= 11 is 0. The molecule has 33 heavy (non-hydrogen) atoms. The third-order valence-electron chi connectivity index (χ3n) is 5.70. The lowest BCUT2D eigenvalue weighted by Crippen LogP contribution is -2.12. The van der Waals surface area contributed by atoms with E-state index in [2.05, 4.69) is 5.32 Å². The van der Waals surface area contributed by atoms with Crippen molar-refractivity contribution in [3.63, 3.8) is 0 Å². The van der Waals surface area contributed by atoms with Crippen LogP contribution in [0.5, 0.6) is 0 Å². The van der Waals surface area contributed by atoms with Crippen molar-refractivity contribution in [1.82, 2.24) is 0 Å². The Labute approximate surface area is 197 Å². The maximum absolute atomic E-state index is 12.1. The molecule has 0 aromatic heterocycles. The van der Waals surface area contributed by atoms with Crippen LogP contribution in [0.4, 0.5) is 5.69 Å². The predicted octanol–water partition coefficient (Wildman–Crippen LogP) is 5.86. The number of rotatable bonds is 20. The van der Waals surface area contributed by atoms with Gasteiger partial charge in [-0.15, -0.1) is 0 Å². The monoisotopic (exact) mass is 460 g/mol. The molecule has 0 spiro atoms. The van der Waals surface area contributed by atoms with E-state index in [1.165, 1.54) is 76.0 Å². The van der Waals surface area contributed by atoms with E-state index in [1.54, 1.807) is 0 Å². The van der Waals surface area contributed by atoms with Gasteiger partial charge in [0.25, 0.3) is 0 Å². The number of benzene rings is 1. The van der Waals surface area contributed by atoms with Crippen LogP contribution < -0.4 is 11.1 Å². The van der Waals surface area contributed by atoms with Gasteiger partial charge in [-0.3, -0.25) is 14.4 Å². The Morgan fingerprint density at radius 2 is 1.18 bits per heavy atom. The van der Waals surface area contributed by atoms with Crippen molar-refractivity contribution in [3.8, 4) is 0 Å². The number of aldehydes is 1. The van der Waals surface area contributed by atoms with E-state index in [0.717, 1.165) is 32.1 Å². The highest BCUT2D eigenvalue weighted by Gasteiger charge is 2.09. The van der Waals surface area contributed by atoms with E-state index < -0.39 is 5.97 Å². The Morgan fingerprint density at radius 1 is 0.727 bits per heavy atom. The first-order chi connectivity index (χ1) is 15.9. The fraction of sp³-hybridized carbons (Fsp3) is 0.615. The first-order valence-electron chi connectivity index (χ1n) is 12.3. The standard InChI is InChI=1S/C26H40N2O5/c27-24(30)15-13-11-9-7-5-3-1-2-4-6-8-10-12-14-16-25(31)28-23-18-21(20-29)17-22(19-23)26(32)33/h17-20H,1-16H2,(H2,27,30)(H,28,31)(H,32,33). The van der Waals surface area contributed by atoms with Gasteiger partial charge in [0.2, 0.25) is 11.8 Å². The summed E-state index contributed by atoms with van der Waals surface area (Å²) in [5.41, 5.74) is 5.67. The van der Waals surface area contributed by atoms with Crippen LogP contribution in [0.1, 0.15) is 123 Å². The molecule has 0 heterocycles. The van der Waals surface area contributed by atoms with E-state index in [4.69, 9.17) is 10.8 Å². The number of carboxylic acids is 1. The lowest BCUT2D eigenvalue weighted by molar-refractivity contribution is -0.118. The van der Waals surface area contributed by atoms with Crippen LogP contribution in [-0.4, -0.2) is 29.2 Å². The Balaban J connectivity index is 1.97. The highest BCUT2D eigenvalue weighted by atomic mass is 16.4. The molecule has 0 unspecified atom stereocenters.